The molecule has 38 heavy (non-hydrogen) atoms. The highest BCUT2D eigenvalue weighted by molar-refractivity contribution is 8.22. The van der Waals surface area contributed by atoms with Gasteiger partial charge in [-0.2, -0.15) is 4.31 Å². The lowest BCUT2D eigenvalue weighted by molar-refractivity contribution is -0.137. The van der Waals surface area contributed by atoms with Gasteiger partial charge in [0, 0.05) is 18.7 Å². The summed E-state index contributed by atoms with van der Waals surface area (Å²) in [6.45, 7) is 8.22. The number of aryl methyl sites for hydroxylation is 2. The number of hydrogen-bond acceptors (Lipinski definition) is 7. The Balaban J connectivity index is 1.53. The number of aliphatic carboxylic acids is 1. The highest BCUT2D eigenvalue weighted by Crippen LogP contribution is 2.58. The summed E-state index contributed by atoms with van der Waals surface area (Å²) in [5, 5.41) is 18.0. The Morgan fingerprint density at radius 3 is 2.58 bits per heavy atom. The van der Waals surface area contributed by atoms with Gasteiger partial charge in [-0.25, -0.2) is 0 Å². The van der Waals surface area contributed by atoms with Crippen LogP contribution >= 0.6 is 10.8 Å². The third kappa shape index (κ3) is 5.00. The Labute approximate surface area is 223 Å². The molecule has 2 aromatic carbocycles. The maximum atomic E-state index is 11.9. The van der Waals surface area contributed by atoms with Gasteiger partial charge in [0.05, 0.1) is 13.0 Å². The average molecular weight is 537 g/mol. The predicted molar refractivity (Wildman–Crippen MR) is 146 cm³/mol. The molecule has 9 nitrogen and oxygen atoms in total. The zero-order valence-corrected chi connectivity index (χ0v) is 22.6. The van der Waals surface area contributed by atoms with Crippen molar-refractivity contribution in [2.75, 3.05) is 6.54 Å². The van der Waals surface area contributed by atoms with Crippen molar-refractivity contribution in [2.24, 2.45) is 0 Å². The molecular formula is C28H32N4O5S. The largest absolute Gasteiger partial charge is 0.484 e. The van der Waals surface area contributed by atoms with Crippen LogP contribution in [0.3, 0.4) is 0 Å². The second-order valence-corrected chi connectivity index (χ2v) is 12.4. The van der Waals surface area contributed by atoms with E-state index in [9.17, 15) is 19.0 Å². The lowest BCUT2D eigenvalue weighted by atomic mass is 9.87. The minimum absolute atomic E-state index is 0.0983. The Hall–Kier alpha value is -3.44. The fraction of sp³-hybridized carbons (Fsp3) is 0.321. The highest BCUT2D eigenvalue weighted by Gasteiger charge is 2.38. The van der Waals surface area contributed by atoms with Crippen molar-refractivity contribution in [1.82, 2.24) is 18.9 Å². The number of benzene rings is 2. The Kier molecular flexibility index (Phi) is 6.68. The van der Waals surface area contributed by atoms with Crippen LogP contribution in [-0.4, -0.2) is 51.2 Å². The normalized spacial score (nSPS) is 18.3. The molecule has 3 heterocycles. The molecule has 3 N–H and O–H groups in total. The highest BCUT2D eigenvalue weighted by atomic mass is 32.3. The quantitative estimate of drug-likeness (QED) is 0.289. The summed E-state index contributed by atoms with van der Waals surface area (Å²) in [7, 11) is -3.34. The maximum absolute atomic E-state index is 11.9. The second kappa shape index (κ2) is 9.70. The van der Waals surface area contributed by atoms with Gasteiger partial charge < -0.3 is 9.84 Å². The minimum atomic E-state index is -3.34. The van der Waals surface area contributed by atoms with E-state index in [-0.39, 0.29) is 19.5 Å². The number of ether oxygens (including phenoxy) is 1. The van der Waals surface area contributed by atoms with Crippen molar-refractivity contribution in [3.63, 3.8) is 0 Å². The smallest absolute Gasteiger partial charge is 0.304 e. The van der Waals surface area contributed by atoms with E-state index in [1.807, 2.05) is 74.7 Å². The fourth-order valence-electron chi connectivity index (χ4n) is 5.00. The van der Waals surface area contributed by atoms with Crippen LogP contribution in [-0.2, 0) is 11.3 Å². The lowest BCUT2D eigenvalue weighted by Crippen LogP contribution is -2.41. The lowest BCUT2D eigenvalue weighted by Gasteiger charge is -2.42. The number of rotatable bonds is 6. The van der Waals surface area contributed by atoms with Gasteiger partial charge in [-0.3, -0.25) is 18.3 Å². The van der Waals surface area contributed by atoms with E-state index in [0.717, 1.165) is 28.1 Å². The number of para-hydroxylation sites is 1. The van der Waals surface area contributed by atoms with Gasteiger partial charge in [0.25, 0.3) is 0 Å². The van der Waals surface area contributed by atoms with Crippen LogP contribution in [0.15, 0.2) is 65.7 Å². The standard InChI is InChI=1S/C28H32N4O5S/c1-18-9-10-20(23(15-27(33)34)21-11-12-32-19(2)29-30-26(32)14-21)13-22(18)16-31-17-28(3,4)37-24-7-5-6-8-25(24)38(31,35)36/h5-14,23,35-36H,15-17H2,1-4H3,(H,33,34). The zero-order valence-electron chi connectivity index (χ0n) is 21.8. The molecule has 2 aromatic heterocycles. The number of aromatic nitrogens is 3. The van der Waals surface area contributed by atoms with Crippen molar-refractivity contribution in [3.8, 4) is 5.75 Å². The molecule has 1 atom stereocenters. The number of carbonyl (C=O) groups is 1. The molecule has 10 heteroatoms. The summed E-state index contributed by atoms with van der Waals surface area (Å²) in [6.07, 6.45) is 1.76. The minimum Gasteiger partial charge on any atom is -0.484 e. The summed E-state index contributed by atoms with van der Waals surface area (Å²) in [5.74, 6) is -0.110. The molecule has 0 bridgehead atoms. The van der Waals surface area contributed by atoms with Gasteiger partial charge in [-0.15, -0.1) is 21.0 Å². The van der Waals surface area contributed by atoms with Gasteiger partial charge in [0.1, 0.15) is 22.1 Å². The van der Waals surface area contributed by atoms with Crippen molar-refractivity contribution in [1.29, 1.82) is 0 Å². The van der Waals surface area contributed by atoms with E-state index < -0.39 is 28.3 Å². The average Bonchev–Trinajstić information content (AvgIpc) is 3.19. The first-order valence-electron chi connectivity index (χ1n) is 12.4. The van der Waals surface area contributed by atoms with E-state index in [2.05, 4.69) is 10.2 Å². The van der Waals surface area contributed by atoms with E-state index in [0.29, 0.717) is 16.3 Å². The molecule has 0 spiro atoms. The van der Waals surface area contributed by atoms with Gasteiger partial charge in [0.2, 0.25) is 0 Å². The molecule has 0 saturated heterocycles. The third-order valence-corrected chi connectivity index (χ3v) is 8.86. The number of nitrogens with zero attached hydrogens (tertiary/aromatic N) is 4. The maximum Gasteiger partial charge on any atom is 0.304 e. The topological polar surface area (TPSA) is 120 Å². The van der Waals surface area contributed by atoms with Crippen LogP contribution in [0.2, 0.25) is 0 Å². The first-order chi connectivity index (χ1) is 17.9. The summed E-state index contributed by atoms with van der Waals surface area (Å²) in [4.78, 5) is 12.2. The van der Waals surface area contributed by atoms with E-state index >= 15 is 0 Å². The van der Waals surface area contributed by atoms with Crippen LogP contribution in [0.1, 0.15) is 54.3 Å². The molecule has 1 unspecified atom stereocenters. The Morgan fingerprint density at radius 1 is 1.08 bits per heavy atom. The fourth-order valence-corrected chi connectivity index (χ4v) is 6.73. The first-order valence-corrected chi connectivity index (χ1v) is 13.9. The van der Waals surface area contributed by atoms with Gasteiger partial charge in [-0.05, 0) is 74.2 Å². The molecule has 0 radical (unpaired) electrons. The number of carboxylic acids is 1. The second-order valence-electron chi connectivity index (χ2n) is 10.4. The SMILES string of the molecule is Cc1ccc(C(CC(=O)O)c2ccn3c(C)nnc3c2)cc1CN1CC(C)(C)Oc2ccccc2S1(O)O. The van der Waals surface area contributed by atoms with Crippen molar-refractivity contribution in [2.45, 2.75) is 57.1 Å². The molecule has 0 amide bonds. The molecular weight excluding hydrogens is 504 g/mol. The third-order valence-electron chi connectivity index (χ3n) is 6.96. The van der Waals surface area contributed by atoms with E-state index in [1.165, 1.54) is 0 Å². The number of pyridine rings is 1. The van der Waals surface area contributed by atoms with Gasteiger partial charge in [0.15, 0.2) is 5.65 Å². The zero-order chi connectivity index (χ0) is 27.2. The van der Waals surface area contributed by atoms with E-state index in [1.54, 1.807) is 22.5 Å². The monoisotopic (exact) mass is 536 g/mol. The summed E-state index contributed by atoms with van der Waals surface area (Å²) in [6, 6.07) is 16.7. The van der Waals surface area contributed by atoms with E-state index in [4.69, 9.17) is 4.74 Å². The molecule has 1 aliphatic rings. The molecule has 0 saturated carbocycles. The van der Waals surface area contributed by atoms with Crippen LogP contribution < -0.4 is 4.74 Å². The predicted octanol–water partition coefficient (Wildman–Crippen LogP) is 5.65. The molecule has 1 aliphatic heterocycles. The number of fused-ring (bicyclic) bond motifs is 2. The molecule has 200 valence electrons. The number of carboxylic acid groups (broad SMARTS) is 1. The van der Waals surface area contributed by atoms with Crippen LogP contribution in [0.25, 0.3) is 5.65 Å². The summed E-state index contributed by atoms with van der Waals surface area (Å²) >= 11 is 0. The first kappa shape index (κ1) is 26.2. The van der Waals surface area contributed by atoms with Gasteiger partial charge in [-0.1, -0.05) is 30.3 Å². The molecule has 5 rings (SSSR count). The van der Waals surface area contributed by atoms with Crippen molar-refractivity contribution >= 4 is 22.4 Å². The molecule has 4 aromatic rings. The number of hydrogen-bond donors (Lipinski definition) is 3. The van der Waals surface area contributed by atoms with Crippen LogP contribution in [0.4, 0.5) is 0 Å². The van der Waals surface area contributed by atoms with Crippen LogP contribution in [0.5, 0.6) is 5.75 Å². The Morgan fingerprint density at radius 2 is 1.82 bits per heavy atom. The van der Waals surface area contributed by atoms with Crippen molar-refractivity contribution in [3.05, 3.63) is 88.9 Å². The molecule has 0 aliphatic carbocycles. The summed E-state index contributed by atoms with van der Waals surface area (Å²) < 4.78 is 32.5. The summed E-state index contributed by atoms with van der Waals surface area (Å²) in [5.41, 5.74) is 3.49. The molecule has 0 fully saturated rings. The van der Waals surface area contributed by atoms with Gasteiger partial charge >= 0.3 is 5.97 Å². The Bertz CT molecular complexity index is 1520. The van der Waals surface area contributed by atoms with Crippen LogP contribution in [0, 0.1) is 13.8 Å². The van der Waals surface area contributed by atoms with Crippen molar-refractivity contribution < 1.29 is 23.7 Å².